The molecule has 1 aromatic carbocycles. The summed E-state index contributed by atoms with van der Waals surface area (Å²) in [6, 6.07) is 7.76. The Balaban J connectivity index is 0.00000144. The minimum atomic E-state index is -0.161. The van der Waals surface area contributed by atoms with Gasteiger partial charge < -0.3 is 15.5 Å². The fraction of sp³-hybridized carbons (Fsp3) is 0.353. The van der Waals surface area contributed by atoms with Gasteiger partial charge in [0.2, 0.25) is 0 Å². The summed E-state index contributed by atoms with van der Waals surface area (Å²) >= 11 is 0. The second kappa shape index (κ2) is 9.08. The Bertz CT molecular complexity index is 688. The Kier molecular flexibility index (Phi) is 7.76. The summed E-state index contributed by atoms with van der Waals surface area (Å²) in [6.45, 7) is 5.39. The Labute approximate surface area is 154 Å². The first kappa shape index (κ1) is 20.5. The lowest BCUT2D eigenvalue weighted by Gasteiger charge is -2.13. The highest BCUT2D eigenvalue weighted by atomic mass is 35.5. The van der Waals surface area contributed by atoms with Crippen LogP contribution in [0.15, 0.2) is 34.9 Å². The normalized spacial score (nSPS) is 12.9. The molecule has 0 fully saturated rings. The van der Waals surface area contributed by atoms with Crippen LogP contribution in [-0.2, 0) is 19.6 Å². The first-order valence-corrected chi connectivity index (χ1v) is 7.63. The van der Waals surface area contributed by atoms with Gasteiger partial charge in [0.15, 0.2) is 0 Å². The van der Waals surface area contributed by atoms with Crippen molar-refractivity contribution < 1.29 is 9.21 Å². The number of benzene rings is 1. The molecule has 1 amide bonds. The van der Waals surface area contributed by atoms with Crippen LogP contribution in [0, 0.1) is 0 Å². The first-order chi connectivity index (χ1) is 10.7. The summed E-state index contributed by atoms with van der Waals surface area (Å²) in [6.07, 6.45) is 2.58. The lowest BCUT2D eigenvalue weighted by molar-refractivity contribution is 0.102. The van der Waals surface area contributed by atoms with E-state index < -0.39 is 0 Å². The van der Waals surface area contributed by atoms with Crippen molar-refractivity contribution in [1.29, 1.82) is 0 Å². The number of furan rings is 1. The molecule has 0 atom stereocenters. The highest BCUT2D eigenvalue weighted by molar-refractivity contribution is 6.04. The number of hydrogen-bond donors (Lipinski definition) is 2. The number of fused-ring (bicyclic) bond motifs is 1. The summed E-state index contributed by atoms with van der Waals surface area (Å²) < 4.78 is 5.22. The highest BCUT2D eigenvalue weighted by Gasteiger charge is 2.22. The molecule has 0 saturated heterocycles. The standard InChI is InChI=1S/C17H21N3O2.2ClH/c1-2-6-20-9-12-4-3-5-16(15(12)10-20)19-17(21)13-7-14(8-18)22-11-13;;/h3-5,7,11H,2,6,8-10,18H2,1H3,(H,19,21);2*1H. The minimum absolute atomic E-state index is 0. The third-order valence-corrected chi connectivity index (χ3v) is 3.95. The molecule has 0 bridgehead atoms. The molecule has 3 N–H and O–H groups in total. The van der Waals surface area contributed by atoms with Crippen LogP contribution in [0.3, 0.4) is 0 Å². The molecule has 24 heavy (non-hydrogen) atoms. The van der Waals surface area contributed by atoms with E-state index in [0.29, 0.717) is 17.9 Å². The Morgan fingerprint density at radius 2 is 2.12 bits per heavy atom. The number of nitrogens with zero attached hydrogens (tertiary/aromatic N) is 1. The van der Waals surface area contributed by atoms with Gasteiger partial charge in [0.25, 0.3) is 5.91 Å². The number of nitrogens with one attached hydrogen (secondary N) is 1. The summed E-state index contributed by atoms with van der Waals surface area (Å²) in [5, 5.41) is 2.99. The van der Waals surface area contributed by atoms with E-state index in [9.17, 15) is 4.79 Å². The van der Waals surface area contributed by atoms with Crippen molar-refractivity contribution in [2.75, 3.05) is 11.9 Å². The van der Waals surface area contributed by atoms with Crippen LogP contribution >= 0.6 is 24.8 Å². The molecule has 2 aromatic rings. The highest BCUT2D eigenvalue weighted by Crippen LogP contribution is 2.29. The Hall–Kier alpha value is -1.53. The van der Waals surface area contributed by atoms with Gasteiger partial charge in [-0.05, 0) is 36.2 Å². The SMILES string of the molecule is CCCN1Cc2cccc(NC(=O)c3coc(CN)c3)c2C1.Cl.Cl. The lowest BCUT2D eigenvalue weighted by Crippen LogP contribution is -2.17. The molecular formula is C17H23Cl2N3O2. The van der Waals surface area contributed by atoms with E-state index in [1.54, 1.807) is 6.07 Å². The molecule has 0 aliphatic carbocycles. The number of carbonyl (C=O) groups is 1. The van der Waals surface area contributed by atoms with E-state index in [2.05, 4.69) is 23.2 Å². The van der Waals surface area contributed by atoms with Crippen LogP contribution < -0.4 is 11.1 Å². The number of hydrogen-bond acceptors (Lipinski definition) is 4. The largest absolute Gasteiger partial charge is 0.467 e. The van der Waals surface area contributed by atoms with E-state index in [1.807, 2.05) is 12.1 Å². The molecule has 0 saturated carbocycles. The molecule has 0 radical (unpaired) electrons. The monoisotopic (exact) mass is 371 g/mol. The number of nitrogens with two attached hydrogens (primary N) is 1. The molecule has 5 nitrogen and oxygen atoms in total. The minimum Gasteiger partial charge on any atom is -0.467 e. The fourth-order valence-corrected chi connectivity index (χ4v) is 2.88. The van der Waals surface area contributed by atoms with E-state index >= 15 is 0 Å². The quantitative estimate of drug-likeness (QED) is 0.842. The van der Waals surface area contributed by atoms with Gasteiger partial charge in [0.1, 0.15) is 12.0 Å². The first-order valence-electron chi connectivity index (χ1n) is 7.63. The van der Waals surface area contributed by atoms with Crippen LogP contribution in [0.1, 0.15) is 40.6 Å². The summed E-state index contributed by atoms with van der Waals surface area (Å²) in [5.41, 5.74) is 9.40. The second-order valence-electron chi connectivity index (χ2n) is 5.61. The maximum Gasteiger partial charge on any atom is 0.258 e. The Morgan fingerprint density at radius 3 is 2.79 bits per heavy atom. The van der Waals surface area contributed by atoms with E-state index in [1.165, 1.54) is 17.4 Å². The van der Waals surface area contributed by atoms with Crippen molar-refractivity contribution in [2.45, 2.75) is 33.0 Å². The zero-order chi connectivity index (χ0) is 15.5. The predicted molar refractivity (Wildman–Crippen MR) is 99.9 cm³/mol. The molecule has 1 aromatic heterocycles. The van der Waals surface area contributed by atoms with Gasteiger partial charge in [-0.15, -0.1) is 24.8 Å². The van der Waals surface area contributed by atoms with Gasteiger partial charge in [0, 0.05) is 18.8 Å². The maximum absolute atomic E-state index is 12.3. The van der Waals surface area contributed by atoms with Crippen LogP contribution in [0.2, 0.25) is 0 Å². The second-order valence-corrected chi connectivity index (χ2v) is 5.61. The molecule has 0 unspecified atom stereocenters. The molecular weight excluding hydrogens is 349 g/mol. The average Bonchev–Trinajstić information content (AvgIpc) is 3.14. The van der Waals surface area contributed by atoms with Crippen molar-refractivity contribution in [2.24, 2.45) is 5.73 Å². The summed E-state index contributed by atoms with van der Waals surface area (Å²) in [7, 11) is 0. The van der Waals surface area contributed by atoms with Gasteiger partial charge >= 0.3 is 0 Å². The van der Waals surface area contributed by atoms with Crippen LogP contribution in [0.4, 0.5) is 5.69 Å². The number of anilines is 1. The zero-order valence-corrected chi connectivity index (χ0v) is 15.2. The van der Waals surface area contributed by atoms with Crippen LogP contribution in [0.25, 0.3) is 0 Å². The third kappa shape index (κ3) is 4.30. The van der Waals surface area contributed by atoms with Crippen molar-refractivity contribution in [3.05, 3.63) is 53.0 Å². The van der Waals surface area contributed by atoms with E-state index in [0.717, 1.165) is 31.7 Å². The van der Waals surface area contributed by atoms with Crippen LogP contribution in [0.5, 0.6) is 0 Å². The predicted octanol–water partition coefficient (Wildman–Crippen LogP) is 3.56. The van der Waals surface area contributed by atoms with Gasteiger partial charge in [-0.2, -0.15) is 0 Å². The third-order valence-electron chi connectivity index (χ3n) is 3.95. The number of halogens is 2. The van der Waals surface area contributed by atoms with Gasteiger partial charge in [0.05, 0.1) is 12.1 Å². The van der Waals surface area contributed by atoms with Gasteiger partial charge in [-0.25, -0.2) is 0 Å². The van der Waals surface area contributed by atoms with Crippen molar-refractivity contribution in [3.8, 4) is 0 Å². The van der Waals surface area contributed by atoms with E-state index in [-0.39, 0.29) is 30.7 Å². The smallest absolute Gasteiger partial charge is 0.258 e. The Morgan fingerprint density at radius 1 is 1.33 bits per heavy atom. The van der Waals surface area contributed by atoms with Gasteiger partial charge in [-0.3, -0.25) is 9.69 Å². The number of amides is 1. The lowest BCUT2D eigenvalue weighted by atomic mass is 10.1. The number of rotatable bonds is 5. The molecule has 132 valence electrons. The molecule has 1 aliphatic heterocycles. The van der Waals surface area contributed by atoms with Crippen molar-refractivity contribution in [1.82, 2.24) is 4.90 Å². The molecule has 3 rings (SSSR count). The van der Waals surface area contributed by atoms with Gasteiger partial charge in [-0.1, -0.05) is 19.1 Å². The molecule has 1 aliphatic rings. The molecule has 7 heteroatoms. The number of carbonyl (C=O) groups excluding carboxylic acids is 1. The van der Waals surface area contributed by atoms with Crippen molar-refractivity contribution in [3.63, 3.8) is 0 Å². The average molecular weight is 372 g/mol. The van der Waals surface area contributed by atoms with E-state index in [4.69, 9.17) is 10.2 Å². The zero-order valence-electron chi connectivity index (χ0n) is 13.6. The maximum atomic E-state index is 12.3. The van der Waals surface area contributed by atoms with Crippen LogP contribution in [-0.4, -0.2) is 17.4 Å². The molecule has 2 heterocycles. The topological polar surface area (TPSA) is 71.5 Å². The molecule has 0 spiro atoms. The van der Waals surface area contributed by atoms with Crippen molar-refractivity contribution >= 4 is 36.4 Å². The fourth-order valence-electron chi connectivity index (χ4n) is 2.88. The summed E-state index contributed by atoms with van der Waals surface area (Å²) in [4.78, 5) is 14.7. The summed E-state index contributed by atoms with van der Waals surface area (Å²) in [5.74, 6) is 0.448.